The van der Waals surface area contributed by atoms with Crippen molar-refractivity contribution in [2.75, 3.05) is 20.1 Å². The SMILES string of the molecule is CNC(=O)C1(C)CCN(Cc2ccc(F)c(CN)c2)C1. The number of benzene rings is 1. The molecule has 1 atom stereocenters. The summed E-state index contributed by atoms with van der Waals surface area (Å²) < 4.78 is 13.4. The Hall–Kier alpha value is -1.46. The average molecular weight is 279 g/mol. The summed E-state index contributed by atoms with van der Waals surface area (Å²) in [5.74, 6) is -0.172. The van der Waals surface area contributed by atoms with Crippen LogP contribution in [-0.4, -0.2) is 30.9 Å². The smallest absolute Gasteiger partial charge is 0.227 e. The molecule has 0 bridgehead atoms. The zero-order valence-corrected chi connectivity index (χ0v) is 12.1. The minimum atomic E-state index is -0.328. The Morgan fingerprint density at radius 3 is 2.95 bits per heavy atom. The van der Waals surface area contributed by atoms with Crippen molar-refractivity contribution in [2.45, 2.75) is 26.4 Å². The molecule has 0 aromatic heterocycles. The van der Waals surface area contributed by atoms with Gasteiger partial charge in [0.15, 0.2) is 0 Å². The summed E-state index contributed by atoms with van der Waals surface area (Å²) in [7, 11) is 1.67. The lowest BCUT2D eigenvalue weighted by molar-refractivity contribution is -0.129. The van der Waals surface area contributed by atoms with Crippen LogP contribution in [0.25, 0.3) is 0 Å². The van der Waals surface area contributed by atoms with Crippen LogP contribution in [-0.2, 0) is 17.9 Å². The predicted molar refractivity (Wildman–Crippen MR) is 76.4 cm³/mol. The zero-order valence-electron chi connectivity index (χ0n) is 12.1. The standard InChI is InChI=1S/C15H22FN3O/c1-15(14(20)18-2)5-6-19(10-15)9-11-3-4-13(16)12(7-11)8-17/h3-4,7H,5-6,8-10,17H2,1-2H3,(H,18,20). The number of hydrogen-bond acceptors (Lipinski definition) is 3. The van der Waals surface area contributed by atoms with Gasteiger partial charge in [0.05, 0.1) is 5.41 Å². The van der Waals surface area contributed by atoms with Gasteiger partial charge in [0.1, 0.15) is 5.82 Å². The monoisotopic (exact) mass is 279 g/mol. The van der Waals surface area contributed by atoms with Crippen molar-refractivity contribution in [2.24, 2.45) is 11.1 Å². The second-order valence-electron chi connectivity index (χ2n) is 5.73. The highest BCUT2D eigenvalue weighted by atomic mass is 19.1. The van der Waals surface area contributed by atoms with E-state index in [-0.39, 0.29) is 23.7 Å². The molecule has 1 aromatic carbocycles. The van der Waals surface area contributed by atoms with E-state index in [1.807, 2.05) is 13.0 Å². The summed E-state index contributed by atoms with van der Waals surface area (Å²) in [6, 6.07) is 5.06. The van der Waals surface area contributed by atoms with Crippen LogP contribution in [0.1, 0.15) is 24.5 Å². The number of amides is 1. The van der Waals surface area contributed by atoms with Crippen molar-refractivity contribution in [1.82, 2.24) is 10.2 Å². The second-order valence-corrected chi connectivity index (χ2v) is 5.73. The molecule has 4 nitrogen and oxygen atoms in total. The van der Waals surface area contributed by atoms with Crippen molar-refractivity contribution in [1.29, 1.82) is 0 Å². The zero-order chi connectivity index (χ0) is 14.8. The molecule has 0 aliphatic carbocycles. The number of carbonyl (C=O) groups excluding carboxylic acids is 1. The third kappa shape index (κ3) is 2.99. The number of halogens is 1. The normalized spacial score (nSPS) is 23.0. The highest BCUT2D eigenvalue weighted by molar-refractivity contribution is 5.82. The molecule has 1 aliphatic rings. The number of hydrogen-bond donors (Lipinski definition) is 2. The topological polar surface area (TPSA) is 58.4 Å². The average Bonchev–Trinajstić information content (AvgIpc) is 2.82. The largest absolute Gasteiger partial charge is 0.359 e. The molecule has 110 valence electrons. The fourth-order valence-corrected chi connectivity index (χ4v) is 2.82. The van der Waals surface area contributed by atoms with Crippen LogP contribution in [0, 0.1) is 11.2 Å². The molecule has 1 heterocycles. The van der Waals surface area contributed by atoms with Crippen LogP contribution in [0.5, 0.6) is 0 Å². The van der Waals surface area contributed by atoms with Gasteiger partial charge in [-0.05, 0) is 31.5 Å². The number of carbonyl (C=O) groups is 1. The molecule has 5 heteroatoms. The minimum absolute atomic E-state index is 0.0850. The third-order valence-corrected chi connectivity index (χ3v) is 4.06. The molecule has 1 unspecified atom stereocenters. The van der Waals surface area contributed by atoms with Gasteiger partial charge in [0.25, 0.3) is 0 Å². The van der Waals surface area contributed by atoms with Gasteiger partial charge >= 0.3 is 0 Å². The quantitative estimate of drug-likeness (QED) is 0.872. The van der Waals surface area contributed by atoms with Gasteiger partial charge in [-0.2, -0.15) is 0 Å². The molecule has 1 amide bonds. The van der Waals surface area contributed by atoms with Crippen LogP contribution in [0.3, 0.4) is 0 Å². The Balaban J connectivity index is 2.04. The van der Waals surface area contributed by atoms with Crippen molar-refractivity contribution >= 4 is 5.91 Å². The highest BCUT2D eigenvalue weighted by Gasteiger charge is 2.39. The molecule has 0 saturated carbocycles. The molecule has 2 rings (SSSR count). The molecule has 1 aliphatic heterocycles. The van der Waals surface area contributed by atoms with Crippen LogP contribution in [0.4, 0.5) is 4.39 Å². The van der Waals surface area contributed by atoms with Crippen molar-refractivity contribution in [3.05, 3.63) is 35.1 Å². The number of nitrogens with one attached hydrogen (secondary N) is 1. The maximum atomic E-state index is 13.4. The summed E-state index contributed by atoms with van der Waals surface area (Å²) >= 11 is 0. The first-order chi connectivity index (χ1) is 9.48. The van der Waals surface area contributed by atoms with Crippen LogP contribution < -0.4 is 11.1 Å². The number of likely N-dealkylation sites (tertiary alicyclic amines) is 1. The van der Waals surface area contributed by atoms with Gasteiger partial charge in [0, 0.05) is 32.2 Å². The molecular weight excluding hydrogens is 257 g/mol. The first-order valence-electron chi connectivity index (χ1n) is 6.90. The molecular formula is C15H22FN3O. The summed E-state index contributed by atoms with van der Waals surface area (Å²) in [5, 5.41) is 2.73. The van der Waals surface area contributed by atoms with Crippen molar-refractivity contribution in [3.63, 3.8) is 0 Å². The van der Waals surface area contributed by atoms with Gasteiger partial charge in [0.2, 0.25) is 5.91 Å². The van der Waals surface area contributed by atoms with E-state index in [0.717, 1.165) is 31.6 Å². The fraction of sp³-hybridized carbons (Fsp3) is 0.533. The number of nitrogens with zero attached hydrogens (tertiary/aromatic N) is 1. The molecule has 1 fully saturated rings. The van der Waals surface area contributed by atoms with Crippen LogP contribution in [0.2, 0.25) is 0 Å². The number of rotatable bonds is 4. The predicted octanol–water partition coefficient (Wildman–Crippen LogP) is 1.24. The highest BCUT2D eigenvalue weighted by Crippen LogP contribution is 2.31. The van der Waals surface area contributed by atoms with E-state index < -0.39 is 0 Å². The lowest BCUT2D eigenvalue weighted by Gasteiger charge is -2.23. The lowest BCUT2D eigenvalue weighted by atomic mass is 9.89. The van der Waals surface area contributed by atoms with E-state index >= 15 is 0 Å². The lowest BCUT2D eigenvalue weighted by Crippen LogP contribution is -2.39. The summed E-state index contributed by atoms with van der Waals surface area (Å²) in [6.07, 6.45) is 0.845. The fourth-order valence-electron chi connectivity index (χ4n) is 2.82. The molecule has 1 saturated heterocycles. The van der Waals surface area contributed by atoms with Gasteiger partial charge in [-0.25, -0.2) is 4.39 Å². The van der Waals surface area contributed by atoms with Gasteiger partial charge < -0.3 is 11.1 Å². The Labute approximate surface area is 119 Å². The van der Waals surface area contributed by atoms with E-state index in [2.05, 4.69) is 10.2 Å². The molecule has 0 spiro atoms. The summed E-state index contributed by atoms with van der Waals surface area (Å²) in [4.78, 5) is 14.1. The van der Waals surface area contributed by atoms with Gasteiger partial charge in [-0.3, -0.25) is 9.69 Å². The summed E-state index contributed by atoms with van der Waals surface area (Å²) in [6.45, 7) is 4.51. The molecule has 20 heavy (non-hydrogen) atoms. The van der Waals surface area contributed by atoms with E-state index in [1.165, 1.54) is 6.07 Å². The van der Waals surface area contributed by atoms with E-state index in [9.17, 15) is 9.18 Å². The third-order valence-electron chi connectivity index (χ3n) is 4.06. The maximum absolute atomic E-state index is 13.4. The molecule has 1 aromatic rings. The van der Waals surface area contributed by atoms with Crippen LogP contribution >= 0.6 is 0 Å². The molecule has 0 radical (unpaired) electrons. The van der Waals surface area contributed by atoms with Crippen LogP contribution in [0.15, 0.2) is 18.2 Å². The number of nitrogens with two attached hydrogens (primary N) is 1. The van der Waals surface area contributed by atoms with Gasteiger partial charge in [-0.15, -0.1) is 0 Å². The molecule has 3 N–H and O–H groups in total. The Morgan fingerprint density at radius 2 is 2.30 bits per heavy atom. The van der Waals surface area contributed by atoms with E-state index in [0.29, 0.717) is 5.56 Å². The second kappa shape index (κ2) is 5.89. The van der Waals surface area contributed by atoms with Gasteiger partial charge in [-0.1, -0.05) is 12.1 Å². The Morgan fingerprint density at radius 1 is 1.55 bits per heavy atom. The van der Waals surface area contributed by atoms with E-state index in [4.69, 9.17) is 5.73 Å². The Bertz CT molecular complexity index is 506. The van der Waals surface area contributed by atoms with E-state index in [1.54, 1.807) is 13.1 Å². The maximum Gasteiger partial charge on any atom is 0.227 e. The first kappa shape index (κ1) is 14.9. The Kier molecular flexibility index (Phi) is 4.40. The first-order valence-corrected chi connectivity index (χ1v) is 6.90. The van der Waals surface area contributed by atoms with Crippen molar-refractivity contribution < 1.29 is 9.18 Å². The summed E-state index contributed by atoms with van der Waals surface area (Å²) in [5.41, 5.74) is 6.77. The minimum Gasteiger partial charge on any atom is -0.359 e. The van der Waals surface area contributed by atoms with Crippen molar-refractivity contribution in [3.8, 4) is 0 Å².